The fourth-order valence-electron chi connectivity index (χ4n) is 0.644. The average Bonchev–Trinajstić information content (AvgIpc) is 1.94. The summed E-state index contributed by atoms with van der Waals surface area (Å²) in [5, 5.41) is 2.79. The number of hydrogen-bond donors (Lipinski definition) is 1. The molecular weight excluding hydrogens is 191 g/mol. The summed E-state index contributed by atoms with van der Waals surface area (Å²) in [4.78, 5) is 0. The maximum absolute atomic E-state index is 11.6. The minimum Gasteiger partial charge on any atom is -0.313 e. The van der Waals surface area contributed by atoms with Crippen molar-refractivity contribution in [1.82, 2.24) is 5.32 Å². The Kier molecular flexibility index (Phi) is 6.20. The molecule has 0 fully saturated rings. The van der Waals surface area contributed by atoms with E-state index >= 15 is 0 Å². The average molecular weight is 202 g/mol. The minimum atomic E-state index is -4.04. The van der Waals surface area contributed by atoms with Crippen molar-refractivity contribution in [3.05, 3.63) is 11.6 Å². The van der Waals surface area contributed by atoms with Gasteiger partial charge in [0.25, 0.3) is 0 Å². The predicted molar refractivity (Wildman–Crippen MR) is 43.2 cm³/mol. The monoisotopic (exact) mass is 201 g/mol. The van der Waals surface area contributed by atoms with Gasteiger partial charge in [-0.05, 0) is 13.0 Å². The normalized spacial score (nSPS) is 12.7. The van der Waals surface area contributed by atoms with Crippen LogP contribution in [0.4, 0.5) is 13.2 Å². The van der Waals surface area contributed by atoms with E-state index < -0.39 is 12.6 Å². The third-order valence-electron chi connectivity index (χ3n) is 1.17. The zero-order valence-electron chi connectivity index (χ0n) is 6.49. The fraction of sp³-hybridized carbons (Fsp3) is 0.714. The Labute approximate surface area is 74.6 Å². The number of rotatable bonds is 5. The Hall–Kier alpha value is -0.220. The summed E-state index contributed by atoms with van der Waals surface area (Å²) in [6.45, 7) is 0.877. The number of halogens is 4. The van der Waals surface area contributed by atoms with E-state index in [1.807, 2.05) is 0 Å². The van der Waals surface area contributed by atoms with E-state index in [2.05, 4.69) is 5.32 Å². The second-order valence-electron chi connectivity index (χ2n) is 2.28. The molecule has 0 rings (SSSR count). The molecule has 0 radical (unpaired) electrons. The van der Waals surface area contributed by atoms with E-state index in [-0.39, 0.29) is 6.42 Å². The minimum absolute atomic E-state index is 0.111. The van der Waals surface area contributed by atoms with E-state index in [0.717, 1.165) is 0 Å². The maximum atomic E-state index is 11.6. The van der Waals surface area contributed by atoms with Gasteiger partial charge in [0.15, 0.2) is 0 Å². The number of hydrogen-bond acceptors (Lipinski definition) is 1. The van der Waals surface area contributed by atoms with Gasteiger partial charge >= 0.3 is 6.18 Å². The molecule has 0 aliphatic carbocycles. The summed E-state index contributed by atoms with van der Waals surface area (Å²) >= 11 is 5.19. The smallest absolute Gasteiger partial charge is 0.313 e. The topological polar surface area (TPSA) is 12.0 Å². The van der Waals surface area contributed by atoms with Gasteiger partial charge in [-0.3, -0.25) is 0 Å². The molecule has 0 aromatic rings. The summed E-state index contributed by atoms with van der Waals surface area (Å²) in [5.74, 6) is 0. The first kappa shape index (κ1) is 11.8. The molecule has 0 saturated heterocycles. The van der Waals surface area contributed by atoms with Crippen LogP contribution < -0.4 is 5.32 Å². The first-order chi connectivity index (χ1) is 5.56. The highest BCUT2D eigenvalue weighted by Gasteiger charge is 2.25. The van der Waals surface area contributed by atoms with E-state index in [4.69, 9.17) is 11.6 Å². The van der Waals surface area contributed by atoms with E-state index in [1.54, 1.807) is 6.08 Å². The van der Waals surface area contributed by atoms with Gasteiger partial charge in [-0.25, -0.2) is 0 Å². The molecular formula is C7H11ClF3N. The van der Waals surface area contributed by atoms with Crippen molar-refractivity contribution in [1.29, 1.82) is 0 Å². The summed E-state index contributed by atoms with van der Waals surface area (Å²) < 4.78 is 34.7. The molecule has 0 heterocycles. The quantitative estimate of drug-likeness (QED) is 0.675. The SMILES string of the molecule is FC(F)(F)CCCNC/C=C/Cl. The van der Waals surface area contributed by atoms with E-state index in [9.17, 15) is 13.2 Å². The van der Waals surface area contributed by atoms with Crippen molar-refractivity contribution in [2.24, 2.45) is 0 Å². The summed E-state index contributed by atoms with van der Waals surface area (Å²) in [6, 6.07) is 0. The molecule has 0 amide bonds. The molecule has 0 unspecified atom stereocenters. The van der Waals surface area contributed by atoms with Gasteiger partial charge in [-0.15, -0.1) is 0 Å². The molecule has 0 bridgehead atoms. The van der Waals surface area contributed by atoms with Crippen LogP contribution in [0.25, 0.3) is 0 Å². The van der Waals surface area contributed by atoms with Gasteiger partial charge in [0.2, 0.25) is 0 Å². The lowest BCUT2D eigenvalue weighted by Crippen LogP contribution is -2.17. The molecule has 0 spiro atoms. The van der Waals surface area contributed by atoms with Crippen molar-refractivity contribution in [3.8, 4) is 0 Å². The van der Waals surface area contributed by atoms with Crippen LogP contribution in [-0.4, -0.2) is 19.3 Å². The first-order valence-electron chi connectivity index (χ1n) is 3.59. The molecule has 0 aliphatic heterocycles. The fourth-order valence-corrected chi connectivity index (χ4v) is 0.733. The van der Waals surface area contributed by atoms with Crippen LogP contribution in [0, 0.1) is 0 Å². The summed E-state index contributed by atoms with van der Waals surface area (Å²) in [6.07, 6.45) is -3.02. The lowest BCUT2D eigenvalue weighted by Gasteiger charge is -2.05. The molecule has 0 atom stereocenters. The second-order valence-corrected chi connectivity index (χ2v) is 2.54. The molecule has 0 aliphatic rings. The van der Waals surface area contributed by atoms with Crippen molar-refractivity contribution in [3.63, 3.8) is 0 Å². The molecule has 0 saturated carbocycles. The van der Waals surface area contributed by atoms with Gasteiger partial charge in [0, 0.05) is 18.5 Å². The Morgan fingerprint density at radius 3 is 2.50 bits per heavy atom. The van der Waals surface area contributed by atoms with Crippen molar-refractivity contribution in [2.45, 2.75) is 19.0 Å². The van der Waals surface area contributed by atoms with Crippen LogP contribution in [0.3, 0.4) is 0 Å². The standard InChI is InChI=1S/C7H11ClF3N/c8-4-2-6-12-5-1-3-7(9,10)11/h2,4,12H,1,3,5-6H2/b4-2+. The highest BCUT2D eigenvalue weighted by molar-refractivity contribution is 6.25. The number of alkyl halides is 3. The molecule has 0 aromatic heterocycles. The second kappa shape index (κ2) is 6.31. The maximum Gasteiger partial charge on any atom is 0.389 e. The van der Waals surface area contributed by atoms with E-state index in [0.29, 0.717) is 13.1 Å². The van der Waals surface area contributed by atoms with Gasteiger partial charge in [-0.2, -0.15) is 13.2 Å². The third-order valence-corrected chi connectivity index (χ3v) is 1.34. The lowest BCUT2D eigenvalue weighted by atomic mass is 10.3. The van der Waals surface area contributed by atoms with Crippen molar-refractivity contribution >= 4 is 11.6 Å². The van der Waals surface area contributed by atoms with Crippen LogP contribution >= 0.6 is 11.6 Å². The Bertz CT molecular complexity index is 133. The van der Waals surface area contributed by atoms with Gasteiger partial charge < -0.3 is 5.32 Å². The molecule has 72 valence electrons. The Morgan fingerprint density at radius 1 is 1.33 bits per heavy atom. The van der Waals surface area contributed by atoms with E-state index in [1.165, 1.54) is 5.54 Å². The summed E-state index contributed by atoms with van der Waals surface area (Å²) in [7, 11) is 0. The third kappa shape index (κ3) is 9.78. The van der Waals surface area contributed by atoms with Gasteiger partial charge in [-0.1, -0.05) is 17.7 Å². The zero-order valence-corrected chi connectivity index (χ0v) is 7.25. The zero-order chi connectivity index (χ0) is 9.45. The molecule has 12 heavy (non-hydrogen) atoms. The largest absolute Gasteiger partial charge is 0.389 e. The van der Waals surface area contributed by atoms with Crippen LogP contribution in [0.5, 0.6) is 0 Å². The summed E-state index contributed by atoms with van der Waals surface area (Å²) in [5.41, 5.74) is 1.33. The molecule has 0 aromatic carbocycles. The molecule has 1 nitrogen and oxygen atoms in total. The first-order valence-corrected chi connectivity index (χ1v) is 4.02. The Balaban J connectivity index is 3.11. The highest BCUT2D eigenvalue weighted by atomic mass is 35.5. The Morgan fingerprint density at radius 2 is 2.00 bits per heavy atom. The van der Waals surface area contributed by atoms with Crippen LogP contribution in [-0.2, 0) is 0 Å². The van der Waals surface area contributed by atoms with Gasteiger partial charge in [0.1, 0.15) is 0 Å². The van der Waals surface area contributed by atoms with Crippen LogP contribution in [0.15, 0.2) is 11.6 Å². The van der Waals surface area contributed by atoms with Crippen LogP contribution in [0.1, 0.15) is 12.8 Å². The lowest BCUT2D eigenvalue weighted by molar-refractivity contribution is -0.135. The van der Waals surface area contributed by atoms with Gasteiger partial charge in [0.05, 0.1) is 0 Å². The van der Waals surface area contributed by atoms with Crippen molar-refractivity contribution in [2.75, 3.05) is 13.1 Å². The number of nitrogens with one attached hydrogen (secondary N) is 1. The molecule has 5 heteroatoms. The van der Waals surface area contributed by atoms with Crippen molar-refractivity contribution < 1.29 is 13.2 Å². The highest BCUT2D eigenvalue weighted by Crippen LogP contribution is 2.20. The predicted octanol–water partition coefficient (Wildman–Crippen LogP) is 2.67. The van der Waals surface area contributed by atoms with Crippen LogP contribution in [0.2, 0.25) is 0 Å². The molecule has 1 N–H and O–H groups in total.